The fourth-order valence-electron chi connectivity index (χ4n) is 4.42. The minimum Gasteiger partial charge on any atom is -0.507 e. The fourth-order valence-corrected chi connectivity index (χ4v) is 4.42. The summed E-state index contributed by atoms with van der Waals surface area (Å²) in [6.45, 7) is 5.83. The second-order valence-electron chi connectivity index (χ2n) is 8.43. The maximum Gasteiger partial charge on any atom is 0.295 e. The molecule has 8 heteroatoms. The van der Waals surface area contributed by atoms with Gasteiger partial charge in [-0.25, -0.2) is 0 Å². The predicted molar refractivity (Wildman–Crippen MR) is 127 cm³/mol. The Labute approximate surface area is 199 Å². The molecule has 0 radical (unpaired) electrons. The van der Waals surface area contributed by atoms with Crippen molar-refractivity contribution in [3.05, 3.63) is 64.7 Å². The van der Waals surface area contributed by atoms with Gasteiger partial charge in [0.1, 0.15) is 5.76 Å². The molecule has 180 valence electrons. The normalized spacial score (nSPS) is 20.6. The molecule has 0 aromatic heterocycles. The molecule has 1 atom stereocenters. The molecule has 2 aliphatic rings. The number of likely N-dealkylation sites (tertiary alicyclic amines) is 1. The van der Waals surface area contributed by atoms with Crippen LogP contribution in [0.25, 0.3) is 5.76 Å². The van der Waals surface area contributed by atoms with E-state index in [9.17, 15) is 14.7 Å². The Bertz CT molecular complexity index is 1090. The number of benzene rings is 2. The number of morpholine rings is 1. The highest BCUT2D eigenvalue weighted by atomic mass is 16.5. The summed E-state index contributed by atoms with van der Waals surface area (Å²) >= 11 is 0. The number of aliphatic hydroxyl groups excluding tert-OH is 1. The van der Waals surface area contributed by atoms with Crippen molar-refractivity contribution >= 4 is 17.4 Å². The van der Waals surface area contributed by atoms with Crippen molar-refractivity contribution in [2.45, 2.75) is 13.0 Å². The highest BCUT2D eigenvalue weighted by molar-refractivity contribution is 6.46. The number of rotatable bonds is 7. The highest BCUT2D eigenvalue weighted by Crippen LogP contribution is 2.40. The second kappa shape index (κ2) is 10.3. The highest BCUT2D eigenvalue weighted by Gasteiger charge is 2.46. The molecule has 2 fully saturated rings. The minimum atomic E-state index is -0.695. The van der Waals surface area contributed by atoms with Gasteiger partial charge in [0, 0.05) is 31.7 Å². The van der Waals surface area contributed by atoms with E-state index < -0.39 is 17.7 Å². The van der Waals surface area contributed by atoms with Crippen molar-refractivity contribution < 1.29 is 28.9 Å². The number of hydrogen-bond acceptors (Lipinski definition) is 7. The molecule has 8 nitrogen and oxygen atoms in total. The van der Waals surface area contributed by atoms with Gasteiger partial charge in [-0.3, -0.25) is 14.5 Å². The number of hydrogen-bond donors (Lipinski definition) is 1. The number of aliphatic hydroxyl groups is 1. The number of carbonyl (C=O) groups is 2. The summed E-state index contributed by atoms with van der Waals surface area (Å²) in [7, 11) is 3.02. The third-order valence-electron chi connectivity index (χ3n) is 6.35. The van der Waals surface area contributed by atoms with Crippen LogP contribution < -0.4 is 9.47 Å². The van der Waals surface area contributed by atoms with Gasteiger partial charge in [-0.2, -0.15) is 0 Å². The van der Waals surface area contributed by atoms with Gasteiger partial charge in [-0.1, -0.05) is 29.8 Å². The summed E-state index contributed by atoms with van der Waals surface area (Å²) < 4.78 is 16.0. The van der Waals surface area contributed by atoms with Crippen LogP contribution in [0.4, 0.5) is 0 Å². The Morgan fingerprint density at radius 2 is 1.68 bits per heavy atom. The summed E-state index contributed by atoms with van der Waals surface area (Å²) in [5, 5.41) is 11.3. The van der Waals surface area contributed by atoms with Gasteiger partial charge in [0.25, 0.3) is 11.7 Å². The molecular weight excluding hydrogens is 436 g/mol. The zero-order valence-electron chi connectivity index (χ0n) is 19.7. The van der Waals surface area contributed by atoms with Crippen LogP contribution in [0, 0.1) is 6.92 Å². The first kappa shape index (κ1) is 23.8. The van der Waals surface area contributed by atoms with Crippen LogP contribution in [0.2, 0.25) is 0 Å². The SMILES string of the molecule is COc1ccc(/C(O)=C2\C(=O)C(=O)N(CCN3CCOCC3)[C@H]2c2ccc(C)cc2)cc1OC. The number of ether oxygens (including phenoxy) is 3. The lowest BCUT2D eigenvalue weighted by Crippen LogP contribution is -2.42. The van der Waals surface area contributed by atoms with E-state index in [1.54, 1.807) is 23.1 Å². The van der Waals surface area contributed by atoms with Crippen molar-refractivity contribution in [1.82, 2.24) is 9.80 Å². The molecular formula is C26H30N2O6. The predicted octanol–water partition coefficient (Wildman–Crippen LogP) is 2.77. The lowest BCUT2D eigenvalue weighted by molar-refractivity contribution is -0.140. The van der Waals surface area contributed by atoms with Crippen LogP contribution in [0.15, 0.2) is 48.0 Å². The van der Waals surface area contributed by atoms with E-state index in [-0.39, 0.29) is 11.3 Å². The molecule has 2 saturated heterocycles. The minimum absolute atomic E-state index is 0.0723. The van der Waals surface area contributed by atoms with Crippen LogP contribution in [0.1, 0.15) is 22.7 Å². The van der Waals surface area contributed by atoms with E-state index in [0.29, 0.717) is 43.4 Å². The second-order valence-corrected chi connectivity index (χ2v) is 8.43. The standard InChI is InChI=1S/C26H30N2O6/c1-17-4-6-18(7-5-17)23-22(24(29)19-8-9-20(32-2)21(16-19)33-3)25(30)26(31)28(23)11-10-27-12-14-34-15-13-27/h4-9,16,23,29H,10-15H2,1-3H3/b24-22+/t23-/m0/s1. The van der Waals surface area contributed by atoms with Gasteiger partial charge < -0.3 is 24.2 Å². The zero-order chi connectivity index (χ0) is 24.2. The molecule has 2 aromatic rings. The first-order chi connectivity index (χ1) is 16.4. The van der Waals surface area contributed by atoms with Gasteiger partial charge in [-0.15, -0.1) is 0 Å². The topological polar surface area (TPSA) is 88.5 Å². The number of nitrogens with zero attached hydrogens (tertiary/aromatic N) is 2. The number of aryl methyl sites for hydroxylation is 1. The molecule has 4 rings (SSSR count). The Kier molecular flexibility index (Phi) is 7.19. The molecule has 0 aliphatic carbocycles. The Hall–Kier alpha value is -3.36. The number of amides is 1. The third kappa shape index (κ3) is 4.64. The van der Waals surface area contributed by atoms with Gasteiger partial charge in [0.2, 0.25) is 0 Å². The number of methoxy groups -OCH3 is 2. The molecule has 0 unspecified atom stereocenters. The fraction of sp³-hybridized carbons (Fsp3) is 0.385. The summed E-state index contributed by atoms with van der Waals surface area (Å²) in [5.74, 6) is -0.625. The molecule has 2 aromatic carbocycles. The zero-order valence-corrected chi connectivity index (χ0v) is 19.7. The van der Waals surface area contributed by atoms with E-state index in [0.717, 1.165) is 24.2 Å². The largest absolute Gasteiger partial charge is 0.507 e. The van der Waals surface area contributed by atoms with Crippen LogP contribution in [-0.4, -0.2) is 80.2 Å². The smallest absolute Gasteiger partial charge is 0.295 e. The molecule has 1 N–H and O–H groups in total. The van der Waals surface area contributed by atoms with Gasteiger partial charge in [-0.05, 0) is 30.7 Å². The van der Waals surface area contributed by atoms with Crippen molar-refractivity contribution in [3.8, 4) is 11.5 Å². The van der Waals surface area contributed by atoms with Crippen molar-refractivity contribution in [3.63, 3.8) is 0 Å². The third-order valence-corrected chi connectivity index (χ3v) is 6.35. The Morgan fingerprint density at radius 3 is 2.32 bits per heavy atom. The molecule has 0 saturated carbocycles. The van der Waals surface area contributed by atoms with Crippen molar-refractivity contribution in [1.29, 1.82) is 0 Å². The van der Waals surface area contributed by atoms with Gasteiger partial charge in [0.05, 0.1) is 39.0 Å². The van der Waals surface area contributed by atoms with Crippen molar-refractivity contribution in [2.24, 2.45) is 0 Å². The average Bonchev–Trinajstić information content (AvgIpc) is 3.12. The van der Waals surface area contributed by atoms with Gasteiger partial charge in [0.15, 0.2) is 11.5 Å². The quantitative estimate of drug-likeness (QED) is 0.381. The van der Waals surface area contributed by atoms with E-state index in [4.69, 9.17) is 14.2 Å². The lowest BCUT2D eigenvalue weighted by Gasteiger charge is -2.31. The molecule has 2 heterocycles. The summed E-state index contributed by atoms with van der Waals surface area (Å²) in [6, 6.07) is 11.9. The summed E-state index contributed by atoms with van der Waals surface area (Å²) in [4.78, 5) is 30.1. The lowest BCUT2D eigenvalue weighted by atomic mass is 9.94. The van der Waals surface area contributed by atoms with Crippen LogP contribution in [-0.2, 0) is 14.3 Å². The van der Waals surface area contributed by atoms with Crippen LogP contribution in [0.5, 0.6) is 11.5 Å². The Morgan fingerprint density at radius 1 is 1.00 bits per heavy atom. The van der Waals surface area contributed by atoms with E-state index in [2.05, 4.69) is 4.90 Å². The molecule has 0 bridgehead atoms. The first-order valence-corrected chi connectivity index (χ1v) is 11.3. The average molecular weight is 467 g/mol. The van der Waals surface area contributed by atoms with E-state index in [1.807, 2.05) is 31.2 Å². The Balaban J connectivity index is 1.75. The monoisotopic (exact) mass is 466 g/mol. The molecule has 2 aliphatic heterocycles. The summed E-state index contributed by atoms with van der Waals surface area (Å²) in [6.07, 6.45) is 0. The van der Waals surface area contributed by atoms with Crippen molar-refractivity contribution in [2.75, 3.05) is 53.6 Å². The first-order valence-electron chi connectivity index (χ1n) is 11.3. The number of ketones is 1. The number of Topliss-reactive ketones (excluding diaryl/α,β-unsaturated/α-hetero) is 1. The molecule has 1 amide bonds. The maximum atomic E-state index is 13.2. The van der Waals surface area contributed by atoms with Crippen LogP contribution in [0.3, 0.4) is 0 Å². The van der Waals surface area contributed by atoms with Crippen LogP contribution >= 0.6 is 0 Å². The molecule has 34 heavy (non-hydrogen) atoms. The van der Waals surface area contributed by atoms with E-state index >= 15 is 0 Å². The molecule has 0 spiro atoms. The summed E-state index contributed by atoms with van der Waals surface area (Å²) in [5.41, 5.74) is 2.28. The maximum absolute atomic E-state index is 13.2. The van der Waals surface area contributed by atoms with E-state index in [1.165, 1.54) is 14.2 Å². The number of carbonyl (C=O) groups excluding carboxylic acids is 2. The van der Waals surface area contributed by atoms with Gasteiger partial charge >= 0.3 is 0 Å².